The summed E-state index contributed by atoms with van der Waals surface area (Å²) in [6, 6.07) is 2.12. The Labute approximate surface area is 136 Å². The number of nitrogens with zero attached hydrogens (tertiary/aromatic N) is 1. The molecule has 1 heterocycles. The molecule has 0 aromatic rings. The fraction of sp³-hybridized carbons (Fsp3) is 0.533. The average Bonchev–Trinajstić information content (AvgIpc) is 2.43. The SMILES string of the molecule is C[C@H]1O[C@@H]2C=CC(C#N)=CC2=C(NCCCCl)C1(C)O.Cl. The van der Waals surface area contributed by atoms with Gasteiger partial charge in [0.25, 0.3) is 0 Å². The van der Waals surface area contributed by atoms with Gasteiger partial charge in [0, 0.05) is 18.0 Å². The van der Waals surface area contributed by atoms with Gasteiger partial charge in [-0.1, -0.05) is 6.08 Å². The third kappa shape index (κ3) is 3.61. The van der Waals surface area contributed by atoms with Gasteiger partial charge in [-0.15, -0.1) is 24.0 Å². The molecule has 2 aliphatic rings. The van der Waals surface area contributed by atoms with Crippen molar-refractivity contribution in [2.75, 3.05) is 12.4 Å². The molecule has 3 atom stereocenters. The third-order valence-electron chi connectivity index (χ3n) is 3.75. The number of ether oxygens (including phenoxy) is 1. The molecule has 0 fully saturated rings. The van der Waals surface area contributed by atoms with Crippen molar-refractivity contribution in [2.24, 2.45) is 0 Å². The summed E-state index contributed by atoms with van der Waals surface area (Å²) in [5.41, 5.74) is 0.993. The molecule has 6 heteroatoms. The van der Waals surface area contributed by atoms with Crippen LogP contribution < -0.4 is 5.32 Å². The van der Waals surface area contributed by atoms with Crippen LogP contribution in [0, 0.1) is 11.3 Å². The zero-order valence-electron chi connectivity index (χ0n) is 12.1. The van der Waals surface area contributed by atoms with Crippen LogP contribution in [0.2, 0.25) is 0 Å². The maximum absolute atomic E-state index is 10.7. The molecule has 1 unspecified atom stereocenters. The molecule has 0 saturated carbocycles. The van der Waals surface area contributed by atoms with Crippen LogP contribution in [0.1, 0.15) is 20.3 Å². The van der Waals surface area contributed by atoms with Crippen LogP contribution in [0.15, 0.2) is 35.1 Å². The zero-order chi connectivity index (χ0) is 14.8. The highest BCUT2D eigenvalue weighted by atomic mass is 35.5. The van der Waals surface area contributed by atoms with E-state index in [1.165, 1.54) is 0 Å². The molecule has 0 aromatic carbocycles. The number of allylic oxidation sites excluding steroid dienone is 2. The first-order valence-corrected chi connectivity index (χ1v) is 7.26. The summed E-state index contributed by atoms with van der Waals surface area (Å²) in [5.74, 6) is 0.562. The highest BCUT2D eigenvalue weighted by Crippen LogP contribution is 2.36. The second-order valence-electron chi connectivity index (χ2n) is 5.22. The van der Waals surface area contributed by atoms with E-state index in [0.717, 1.165) is 17.7 Å². The number of rotatable bonds is 4. The molecule has 0 spiro atoms. The van der Waals surface area contributed by atoms with Crippen molar-refractivity contribution in [3.63, 3.8) is 0 Å². The first-order valence-electron chi connectivity index (χ1n) is 6.73. The quantitative estimate of drug-likeness (QED) is 0.613. The van der Waals surface area contributed by atoms with Gasteiger partial charge in [0.15, 0.2) is 0 Å². The van der Waals surface area contributed by atoms with E-state index >= 15 is 0 Å². The van der Waals surface area contributed by atoms with Gasteiger partial charge in [0.2, 0.25) is 0 Å². The van der Waals surface area contributed by atoms with Crippen molar-refractivity contribution in [3.8, 4) is 6.07 Å². The monoisotopic (exact) mass is 330 g/mol. The standard InChI is InChI=1S/C15H19ClN2O2.ClH/c1-10-15(2,19)14(18-7-3-6-16)12-8-11(9-17)4-5-13(12)20-10;/h4-5,8,10,13,18-19H,3,6-7H2,1-2H3;1H/t10-,13-,15?;/m1./s1. The summed E-state index contributed by atoms with van der Waals surface area (Å²) >= 11 is 5.69. The summed E-state index contributed by atoms with van der Waals surface area (Å²) in [6.45, 7) is 4.25. The predicted molar refractivity (Wildman–Crippen MR) is 85.4 cm³/mol. The van der Waals surface area contributed by atoms with Crippen LogP contribution >= 0.6 is 24.0 Å². The number of nitriles is 1. The topological polar surface area (TPSA) is 65.3 Å². The molecule has 2 rings (SSSR count). The largest absolute Gasteiger partial charge is 0.386 e. The molecule has 21 heavy (non-hydrogen) atoms. The molecular formula is C15H20Cl2N2O2. The van der Waals surface area contributed by atoms with Gasteiger partial charge < -0.3 is 15.2 Å². The highest BCUT2D eigenvalue weighted by molar-refractivity contribution is 6.17. The third-order valence-corrected chi connectivity index (χ3v) is 4.01. The van der Waals surface area contributed by atoms with Crippen LogP contribution in [-0.4, -0.2) is 35.3 Å². The Hall–Kier alpha value is -0.990. The Morgan fingerprint density at radius 1 is 1.57 bits per heavy atom. The second-order valence-corrected chi connectivity index (χ2v) is 5.59. The molecule has 0 aromatic heterocycles. The van der Waals surface area contributed by atoms with Crippen molar-refractivity contribution < 1.29 is 9.84 Å². The number of halogens is 2. The van der Waals surface area contributed by atoms with Gasteiger partial charge in [0.05, 0.1) is 23.4 Å². The minimum absolute atomic E-state index is 0. The van der Waals surface area contributed by atoms with Crippen molar-refractivity contribution in [2.45, 2.75) is 38.1 Å². The van der Waals surface area contributed by atoms with Crippen LogP contribution in [-0.2, 0) is 4.74 Å². The molecular weight excluding hydrogens is 311 g/mol. The lowest BCUT2D eigenvalue weighted by atomic mass is 9.84. The fourth-order valence-corrected chi connectivity index (χ4v) is 2.54. The summed E-state index contributed by atoms with van der Waals surface area (Å²) in [4.78, 5) is 0. The maximum Gasteiger partial charge on any atom is 0.127 e. The minimum atomic E-state index is -1.11. The Morgan fingerprint density at radius 2 is 2.29 bits per heavy atom. The van der Waals surface area contributed by atoms with Gasteiger partial charge >= 0.3 is 0 Å². The van der Waals surface area contributed by atoms with Crippen molar-refractivity contribution in [3.05, 3.63) is 35.1 Å². The molecule has 1 aliphatic heterocycles. The Balaban J connectivity index is 0.00000220. The molecule has 0 bridgehead atoms. The van der Waals surface area contributed by atoms with Gasteiger partial charge in [-0.2, -0.15) is 5.26 Å². The van der Waals surface area contributed by atoms with Gasteiger partial charge in [0.1, 0.15) is 11.7 Å². The number of hydrogen-bond donors (Lipinski definition) is 2. The molecule has 0 radical (unpaired) electrons. The van der Waals surface area contributed by atoms with Crippen LogP contribution in [0.5, 0.6) is 0 Å². The first kappa shape index (κ1) is 18.1. The highest BCUT2D eigenvalue weighted by Gasteiger charge is 2.42. The maximum atomic E-state index is 10.7. The van der Waals surface area contributed by atoms with Crippen molar-refractivity contribution in [1.82, 2.24) is 5.32 Å². The zero-order valence-corrected chi connectivity index (χ0v) is 13.7. The fourth-order valence-electron chi connectivity index (χ4n) is 2.40. The van der Waals surface area contributed by atoms with E-state index in [2.05, 4.69) is 11.4 Å². The van der Waals surface area contributed by atoms with E-state index in [4.69, 9.17) is 21.6 Å². The lowest BCUT2D eigenvalue weighted by Crippen LogP contribution is -2.52. The van der Waals surface area contributed by atoms with Crippen LogP contribution in [0.4, 0.5) is 0 Å². The van der Waals surface area contributed by atoms with E-state index in [1.807, 2.05) is 13.0 Å². The normalized spacial score (nSPS) is 30.9. The number of alkyl halides is 1. The molecule has 2 N–H and O–H groups in total. The van der Waals surface area contributed by atoms with Gasteiger partial charge in [-0.25, -0.2) is 0 Å². The Kier molecular flexibility index (Phi) is 6.30. The van der Waals surface area contributed by atoms with Crippen molar-refractivity contribution >= 4 is 24.0 Å². The Morgan fingerprint density at radius 3 is 2.90 bits per heavy atom. The van der Waals surface area contributed by atoms with Crippen LogP contribution in [0.25, 0.3) is 0 Å². The molecule has 4 nitrogen and oxygen atoms in total. The van der Waals surface area contributed by atoms with E-state index in [0.29, 0.717) is 18.0 Å². The summed E-state index contributed by atoms with van der Waals surface area (Å²) in [7, 11) is 0. The first-order chi connectivity index (χ1) is 9.50. The smallest absolute Gasteiger partial charge is 0.127 e. The van der Waals surface area contributed by atoms with Gasteiger partial charge in [-0.05, 0) is 32.4 Å². The summed E-state index contributed by atoms with van der Waals surface area (Å²) in [6.07, 6.45) is 5.62. The molecule has 0 saturated heterocycles. The number of nitrogens with one attached hydrogen (secondary N) is 1. The van der Waals surface area contributed by atoms with E-state index < -0.39 is 5.60 Å². The second kappa shape index (κ2) is 7.33. The summed E-state index contributed by atoms with van der Waals surface area (Å²) in [5, 5.41) is 23.0. The van der Waals surface area contributed by atoms with E-state index in [-0.39, 0.29) is 24.6 Å². The lowest BCUT2D eigenvalue weighted by molar-refractivity contribution is -0.0966. The average molecular weight is 331 g/mol. The lowest BCUT2D eigenvalue weighted by Gasteiger charge is -2.42. The van der Waals surface area contributed by atoms with Gasteiger partial charge in [-0.3, -0.25) is 0 Å². The number of fused-ring (bicyclic) bond motifs is 1. The summed E-state index contributed by atoms with van der Waals surface area (Å²) < 4.78 is 5.82. The van der Waals surface area contributed by atoms with E-state index in [9.17, 15) is 5.11 Å². The van der Waals surface area contributed by atoms with Crippen LogP contribution in [0.3, 0.4) is 0 Å². The number of hydrogen-bond acceptors (Lipinski definition) is 4. The van der Waals surface area contributed by atoms with E-state index in [1.54, 1.807) is 19.1 Å². The molecule has 0 amide bonds. The minimum Gasteiger partial charge on any atom is -0.386 e. The molecule has 1 aliphatic carbocycles. The number of aliphatic hydroxyl groups is 1. The molecule has 116 valence electrons. The van der Waals surface area contributed by atoms with Crippen molar-refractivity contribution in [1.29, 1.82) is 5.26 Å². The Bertz CT molecular complexity index is 518. The predicted octanol–water partition coefficient (Wildman–Crippen LogP) is 2.44.